The maximum Gasteiger partial charge on any atom is 0.221 e. The van der Waals surface area contributed by atoms with E-state index in [-0.39, 0.29) is 17.4 Å². The molecule has 0 saturated heterocycles. The molecule has 0 fully saturated rings. The lowest BCUT2D eigenvalue weighted by Gasteiger charge is -2.00. The maximum atomic E-state index is 10.6. The van der Waals surface area contributed by atoms with Crippen molar-refractivity contribution in [1.82, 2.24) is 5.32 Å². The molecule has 4 nitrogen and oxygen atoms in total. The van der Waals surface area contributed by atoms with Crippen LogP contribution in [0.25, 0.3) is 0 Å². The number of hydrogen-bond acceptors (Lipinski definition) is 3. The van der Waals surface area contributed by atoms with Gasteiger partial charge in [-0.15, -0.1) is 0 Å². The van der Waals surface area contributed by atoms with Crippen molar-refractivity contribution in [2.75, 3.05) is 0 Å². The van der Waals surface area contributed by atoms with Crippen LogP contribution in [0.3, 0.4) is 0 Å². The smallest absolute Gasteiger partial charge is 0.221 e. The lowest BCUT2D eigenvalue weighted by molar-refractivity contribution is -0.121. The van der Waals surface area contributed by atoms with Crippen molar-refractivity contribution in [1.29, 1.82) is 0 Å². The largest absolute Gasteiger partial charge is 0.323 e. The zero-order valence-electron chi connectivity index (χ0n) is 6.38. The van der Waals surface area contributed by atoms with E-state index in [1.165, 1.54) is 13.8 Å². The molecule has 0 rings (SSSR count). The standard InChI is InChI=1S/C7H9NO3/c1-5(10)7(3-4-9)8-6(2)11/h3-4H,1-2H3,(H,8,11). The van der Waals surface area contributed by atoms with Crippen LogP contribution >= 0.6 is 0 Å². The molecule has 0 aliphatic carbocycles. The molecule has 0 aromatic heterocycles. The molecule has 0 atom stereocenters. The van der Waals surface area contributed by atoms with Crippen molar-refractivity contribution >= 4 is 18.0 Å². The van der Waals surface area contributed by atoms with Crippen molar-refractivity contribution in [3.05, 3.63) is 11.8 Å². The van der Waals surface area contributed by atoms with Crippen LogP contribution in [-0.2, 0) is 14.4 Å². The Morgan fingerprint density at radius 3 is 2.09 bits per heavy atom. The van der Waals surface area contributed by atoms with E-state index < -0.39 is 0 Å². The van der Waals surface area contributed by atoms with Gasteiger partial charge in [-0.1, -0.05) is 0 Å². The minimum absolute atomic E-state index is 0.0208. The predicted octanol–water partition coefficient (Wildman–Crippen LogP) is -0.206. The highest BCUT2D eigenvalue weighted by Crippen LogP contribution is 1.88. The van der Waals surface area contributed by atoms with Crippen molar-refractivity contribution in [2.45, 2.75) is 13.8 Å². The van der Waals surface area contributed by atoms with E-state index in [1.807, 2.05) is 0 Å². The second-order valence-corrected chi connectivity index (χ2v) is 1.95. The molecule has 0 aromatic rings. The Bertz CT molecular complexity index is 218. The summed E-state index contributed by atoms with van der Waals surface area (Å²) in [6, 6.07) is 0. The molecule has 0 aromatic carbocycles. The van der Waals surface area contributed by atoms with Crippen LogP contribution < -0.4 is 5.32 Å². The van der Waals surface area contributed by atoms with Gasteiger partial charge in [-0.25, -0.2) is 0 Å². The third-order valence-electron chi connectivity index (χ3n) is 0.925. The van der Waals surface area contributed by atoms with Gasteiger partial charge in [-0.2, -0.15) is 0 Å². The van der Waals surface area contributed by atoms with Gasteiger partial charge in [0, 0.05) is 19.9 Å². The van der Waals surface area contributed by atoms with Crippen LogP contribution in [0, 0.1) is 0 Å². The molecule has 1 amide bonds. The molecule has 11 heavy (non-hydrogen) atoms. The molecule has 60 valence electrons. The topological polar surface area (TPSA) is 63.2 Å². The summed E-state index contributed by atoms with van der Waals surface area (Å²) >= 11 is 0. The number of Topliss-reactive ketones (excluding diaryl/α,β-unsaturated/α-hetero) is 1. The molecule has 4 heteroatoms. The molecule has 1 N–H and O–H groups in total. The Labute approximate surface area is 64.3 Å². The van der Waals surface area contributed by atoms with Gasteiger partial charge in [0.2, 0.25) is 5.91 Å². The third-order valence-corrected chi connectivity index (χ3v) is 0.925. The fourth-order valence-electron chi connectivity index (χ4n) is 0.505. The van der Waals surface area contributed by atoms with Gasteiger partial charge in [0.25, 0.3) is 0 Å². The van der Waals surface area contributed by atoms with Gasteiger partial charge in [-0.3, -0.25) is 14.4 Å². The number of allylic oxidation sites excluding steroid dienone is 2. The fourth-order valence-corrected chi connectivity index (χ4v) is 0.505. The number of nitrogens with one attached hydrogen (secondary N) is 1. The van der Waals surface area contributed by atoms with E-state index in [0.29, 0.717) is 6.29 Å². The summed E-state index contributed by atoms with van der Waals surface area (Å²) in [6.45, 7) is 2.53. The van der Waals surface area contributed by atoms with Gasteiger partial charge in [0.15, 0.2) is 5.78 Å². The Morgan fingerprint density at radius 1 is 1.27 bits per heavy atom. The number of amides is 1. The van der Waals surface area contributed by atoms with E-state index in [0.717, 1.165) is 6.08 Å². The molecule has 0 radical (unpaired) electrons. The number of aldehydes is 1. The molecule has 0 aliphatic heterocycles. The first-order valence-electron chi connectivity index (χ1n) is 3.02. The number of hydrogen-bond donors (Lipinski definition) is 1. The van der Waals surface area contributed by atoms with Crippen LogP contribution in [0.2, 0.25) is 0 Å². The third kappa shape index (κ3) is 4.02. The van der Waals surface area contributed by atoms with E-state index in [2.05, 4.69) is 5.32 Å². The number of ketones is 1. The van der Waals surface area contributed by atoms with E-state index in [4.69, 9.17) is 0 Å². The Morgan fingerprint density at radius 2 is 1.82 bits per heavy atom. The minimum Gasteiger partial charge on any atom is -0.323 e. The Balaban J connectivity index is 4.35. The first-order valence-corrected chi connectivity index (χ1v) is 3.02. The zero-order valence-corrected chi connectivity index (χ0v) is 6.38. The molecular weight excluding hydrogens is 146 g/mol. The van der Waals surface area contributed by atoms with E-state index >= 15 is 0 Å². The Kier molecular flexibility index (Phi) is 3.80. The first kappa shape index (κ1) is 9.55. The van der Waals surface area contributed by atoms with Crippen LogP contribution in [-0.4, -0.2) is 18.0 Å². The van der Waals surface area contributed by atoms with Gasteiger partial charge in [-0.05, 0) is 0 Å². The molecular formula is C7H9NO3. The van der Waals surface area contributed by atoms with E-state index in [9.17, 15) is 14.4 Å². The van der Waals surface area contributed by atoms with Crippen LogP contribution in [0.15, 0.2) is 11.8 Å². The van der Waals surface area contributed by atoms with E-state index in [1.54, 1.807) is 0 Å². The monoisotopic (exact) mass is 155 g/mol. The molecule has 0 bridgehead atoms. The quantitative estimate of drug-likeness (QED) is 0.453. The summed E-state index contributed by atoms with van der Waals surface area (Å²) in [6.07, 6.45) is 1.47. The lowest BCUT2D eigenvalue weighted by atomic mass is 10.3. The highest BCUT2D eigenvalue weighted by atomic mass is 16.2. The molecule has 0 saturated carbocycles. The highest BCUT2D eigenvalue weighted by molar-refractivity contribution is 5.99. The first-order chi connectivity index (χ1) is 5.07. The van der Waals surface area contributed by atoms with Crippen LogP contribution in [0.4, 0.5) is 0 Å². The molecule has 0 spiro atoms. The van der Waals surface area contributed by atoms with Gasteiger partial charge >= 0.3 is 0 Å². The van der Waals surface area contributed by atoms with Crippen molar-refractivity contribution < 1.29 is 14.4 Å². The number of carbonyl (C=O) groups excluding carboxylic acids is 3. The van der Waals surface area contributed by atoms with Gasteiger partial charge in [0.1, 0.15) is 6.29 Å². The summed E-state index contributed by atoms with van der Waals surface area (Å²) in [4.78, 5) is 31.0. The number of rotatable bonds is 3. The summed E-state index contributed by atoms with van der Waals surface area (Å²) < 4.78 is 0. The van der Waals surface area contributed by atoms with Crippen LogP contribution in [0.5, 0.6) is 0 Å². The van der Waals surface area contributed by atoms with Gasteiger partial charge in [0.05, 0.1) is 5.70 Å². The highest BCUT2D eigenvalue weighted by Gasteiger charge is 2.03. The zero-order chi connectivity index (χ0) is 8.85. The summed E-state index contributed by atoms with van der Waals surface area (Å²) in [5.74, 6) is -0.708. The SMILES string of the molecule is CC(=O)NC(=CC=O)C(C)=O. The van der Waals surface area contributed by atoms with Crippen molar-refractivity contribution in [3.8, 4) is 0 Å². The summed E-state index contributed by atoms with van der Waals surface area (Å²) in [5, 5.41) is 2.22. The lowest BCUT2D eigenvalue weighted by Crippen LogP contribution is -2.23. The average Bonchev–Trinajstić information content (AvgIpc) is 1.86. The predicted molar refractivity (Wildman–Crippen MR) is 38.6 cm³/mol. The summed E-state index contributed by atoms with van der Waals surface area (Å²) in [7, 11) is 0. The normalized spacial score (nSPS) is 10.5. The second kappa shape index (κ2) is 4.38. The Hall–Kier alpha value is -1.45. The number of carbonyl (C=O) groups is 3. The second-order valence-electron chi connectivity index (χ2n) is 1.95. The van der Waals surface area contributed by atoms with Crippen molar-refractivity contribution in [3.63, 3.8) is 0 Å². The van der Waals surface area contributed by atoms with Crippen LogP contribution in [0.1, 0.15) is 13.8 Å². The average molecular weight is 155 g/mol. The molecule has 0 heterocycles. The maximum absolute atomic E-state index is 10.6. The fraction of sp³-hybridized carbons (Fsp3) is 0.286. The molecule has 0 unspecified atom stereocenters. The minimum atomic E-state index is -0.367. The van der Waals surface area contributed by atoms with Crippen molar-refractivity contribution in [2.24, 2.45) is 0 Å². The summed E-state index contributed by atoms with van der Waals surface area (Å²) in [5.41, 5.74) is 0.0208. The van der Waals surface area contributed by atoms with Gasteiger partial charge < -0.3 is 5.32 Å². The molecule has 0 aliphatic rings.